The first-order valence-corrected chi connectivity index (χ1v) is 4.84. The maximum absolute atomic E-state index is 11.6. The Morgan fingerprint density at radius 1 is 1.81 bits per heavy atom. The van der Waals surface area contributed by atoms with Crippen molar-refractivity contribution < 1.29 is 16.3 Å². The van der Waals surface area contributed by atoms with Crippen LogP contribution in [0.2, 0.25) is 0 Å². The van der Waals surface area contributed by atoms with Gasteiger partial charge in [-0.05, 0) is 6.04 Å². The van der Waals surface area contributed by atoms with Gasteiger partial charge >= 0.3 is 5.69 Å². The molecule has 88 valence electrons. The largest absolute Gasteiger partial charge is 0.394 e. The van der Waals surface area contributed by atoms with Gasteiger partial charge in [0.2, 0.25) is 0 Å². The Hall–Kier alpha value is -1.44. The first-order valence-electron chi connectivity index (χ1n) is 5.34. The summed E-state index contributed by atoms with van der Waals surface area (Å²) in [6.45, 7) is -0.333. The lowest BCUT2D eigenvalue weighted by molar-refractivity contribution is -0.0459. The van der Waals surface area contributed by atoms with Crippen LogP contribution >= 0.6 is 0 Å². The van der Waals surface area contributed by atoms with E-state index >= 15 is 0 Å². The van der Waals surface area contributed by atoms with Crippen LogP contribution in [-0.4, -0.2) is 38.6 Å². The van der Waals surface area contributed by atoms with Gasteiger partial charge in [-0.15, -0.1) is 0 Å². The van der Waals surface area contributed by atoms with Crippen molar-refractivity contribution in [3.05, 3.63) is 28.2 Å². The summed E-state index contributed by atoms with van der Waals surface area (Å²) in [5, 5.41) is 25.7. The van der Waals surface area contributed by atoms with Crippen LogP contribution in [0.5, 0.6) is 0 Å². The molecule has 7 nitrogen and oxygen atoms in total. The third kappa shape index (κ3) is 1.92. The number of hydrogen-bond acceptors (Lipinski definition) is 5. The minimum absolute atomic E-state index is 0.143. The number of aliphatic hydroxyl groups is 2. The third-order valence-electron chi connectivity index (χ3n) is 2.51. The second-order valence-corrected chi connectivity index (χ2v) is 3.60. The van der Waals surface area contributed by atoms with Gasteiger partial charge in [0.1, 0.15) is 17.8 Å². The van der Waals surface area contributed by atoms with Crippen molar-refractivity contribution in [2.75, 3.05) is 6.61 Å². The Labute approximate surface area is 91.9 Å². The SMILES string of the molecule is [3H]c1cn([C@H]2C[C@H](O)[C@@H](CO)O2)c(=O)[nH]c1=N. The lowest BCUT2D eigenvalue weighted by atomic mass is 10.2. The number of ether oxygens (including phenoxy) is 1. The second-order valence-electron chi connectivity index (χ2n) is 3.60. The van der Waals surface area contributed by atoms with Crippen molar-refractivity contribution in [1.82, 2.24) is 9.55 Å². The van der Waals surface area contributed by atoms with Gasteiger partial charge in [0, 0.05) is 12.6 Å². The molecule has 0 saturated carbocycles. The van der Waals surface area contributed by atoms with Gasteiger partial charge < -0.3 is 14.9 Å². The fourth-order valence-electron chi connectivity index (χ4n) is 1.66. The first-order chi connectivity index (χ1) is 8.02. The van der Waals surface area contributed by atoms with Gasteiger partial charge in [-0.2, -0.15) is 0 Å². The molecule has 0 spiro atoms. The molecule has 16 heavy (non-hydrogen) atoms. The van der Waals surface area contributed by atoms with Crippen LogP contribution in [0.1, 0.15) is 14.0 Å². The predicted molar refractivity (Wildman–Crippen MR) is 52.5 cm³/mol. The molecule has 0 radical (unpaired) electrons. The summed E-state index contributed by atoms with van der Waals surface area (Å²) in [6.07, 6.45) is -0.956. The molecule has 0 aromatic carbocycles. The second kappa shape index (κ2) is 4.20. The van der Waals surface area contributed by atoms with E-state index in [0.29, 0.717) is 0 Å². The summed E-state index contributed by atoms with van der Waals surface area (Å²) in [5.74, 6) is 0. The quantitative estimate of drug-likeness (QED) is 0.484. The Morgan fingerprint density at radius 3 is 3.19 bits per heavy atom. The molecule has 0 bridgehead atoms. The van der Waals surface area contributed by atoms with Crippen molar-refractivity contribution in [1.29, 1.82) is 5.41 Å². The van der Waals surface area contributed by atoms with E-state index in [1.165, 1.54) is 6.20 Å². The molecule has 1 aliphatic rings. The number of nitrogens with one attached hydrogen (secondary N) is 2. The lowest BCUT2D eigenvalue weighted by Gasteiger charge is -2.13. The number of nitrogens with zero attached hydrogens (tertiary/aromatic N) is 1. The van der Waals surface area contributed by atoms with Crippen LogP contribution in [0.25, 0.3) is 0 Å². The highest BCUT2D eigenvalue weighted by molar-refractivity contribution is 4.87. The number of aliphatic hydroxyl groups excluding tert-OH is 2. The summed E-state index contributed by atoms with van der Waals surface area (Å²) in [7, 11) is 0. The number of aromatic nitrogens is 2. The standard InChI is InChI=1S/C9H13N3O4/c10-7-1-2-12(9(15)11-7)8-3-5(14)6(4-13)16-8/h1-2,5-6,8,13-14H,3-4H2,(H2,10,11,15)/t5-,6+,8+/m0/s1/i1T. The Morgan fingerprint density at radius 2 is 2.56 bits per heavy atom. The zero-order valence-electron chi connectivity index (χ0n) is 9.38. The van der Waals surface area contributed by atoms with Gasteiger partial charge in [0.15, 0.2) is 0 Å². The smallest absolute Gasteiger partial charge is 0.329 e. The van der Waals surface area contributed by atoms with E-state index in [2.05, 4.69) is 4.98 Å². The van der Waals surface area contributed by atoms with Gasteiger partial charge in [-0.25, -0.2) is 4.79 Å². The molecule has 1 saturated heterocycles. The molecule has 2 rings (SSSR count). The van der Waals surface area contributed by atoms with E-state index in [1.807, 2.05) is 0 Å². The van der Waals surface area contributed by atoms with E-state index in [9.17, 15) is 9.90 Å². The molecular weight excluding hydrogens is 214 g/mol. The number of H-pyrrole nitrogens is 1. The summed E-state index contributed by atoms with van der Waals surface area (Å²) >= 11 is 0. The maximum atomic E-state index is 11.6. The molecule has 7 heteroatoms. The number of aromatic amines is 1. The van der Waals surface area contributed by atoms with Crippen LogP contribution in [0.15, 0.2) is 17.0 Å². The molecular formula is C9H13N3O4. The Balaban J connectivity index is 2.34. The van der Waals surface area contributed by atoms with Crippen molar-refractivity contribution in [3.63, 3.8) is 0 Å². The molecule has 0 unspecified atom stereocenters. The van der Waals surface area contributed by atoms with E-state index in [-0.39, 0.29) is 24.6 Å². The number of hydrogen-bond donors (Lipinski definition) is 4. The highest BCUT2D eigenvalue weighted by atomic mass is 16.5. The fraction of sp³-hybridized carbons (Fsp3) is 0.556. The molecule has 1 aliphatic heterocycles. The molecule has 2 heterocycles. The lowest BCUT2D eigenvalue weighted by Crippen LogP contribution is -2.31. The summed E-state index contributed by atoms with van der Waals surface area (Å²) in [4.78, 5) is 13.8. The van der Waals surface area contributed by atoms with Crippen LogP contribution in [0, 0.1) is 5.41 Å². The van der Waals surface area contributed by atoms with Crippen molar-refractivity contribution in [2.24, 2.45) is 0 Å². The number of rotatable bonds is 2. The van der Waals surface area contributed by atoms with Crippen LogP contribution in [0.4, 0.5) is 0 Å². The Bertz CT molecular complexity index is 526. The van der Waals surface area contributed by atoms with Crippen LogP contribution in [0.3, 0.4) is 0 Å². The topological polar surface area (TPSA) is 111 Å². The third-order valence-corrected chi connectivity index (χ3v) is 2.51. The van der Waals surface area contributed by atoms with Crippen LogP contribution < -0.4 is 11.2 Å². The van der Waals surface area contributed by atoms with Crippen LogP contribution in [-0.2, 0) is 4.74 Å². The van der Waals surface area contributed by atoms with E-state index < -0.39 is 24.1 Å². The van der Waals surface area contributed by atoms with Gasteiger partial charge in [0.05, 0.1) is 14.1 Å². The minimum Gasteiger partial charge on any atom is -0.394 e. The predicted octanol–water partition coefficient (Wildman–Crippen LogP) is -1.70. The monoisotopic (exact) mass is 229 g/mol. The molecule has 3 atom stereocenters. The molecule has 0 aliphatic carbocycles. The van der Waals surface area contributed by atoms with Crippen molar-refractivity contribution in [2.45, 2.75) is 24.9 Å². The zero-order chi connectivity index (χ0) is 12.6. The highest BCUT2D eigenvalue weighted by Gasteiger charge is 2.34. The normalized spacial score (nSPS) is 30.4. The molecule has 4 N–H and O–H groups in total. The van der Waals surface area contributed by atoms with Gasteiger partial charge in [-0.3, -0.25) is 15.0 Å². The average molecular weight is 229 g/mol. The molecule has 1 aromatic heterocycles. The van der Waals surface area contributed by atoms with Gasteiger partial charge in [0.25, 0.3) is 0 Å². The molecule has 1 fully saturated rings. The van der Waals surface area contributed by atoms with Gasteiger partial charge in [-0.1, -0.05) is 0 Å². The van der Waals surface area contributed by atoms with E-state index in [1.54, 1.807) is 0 Å². The maximum Gasteiger partial charge on any atom is 0.329 e. The minimum atomic E-state index is -0.846. The zero-order valence-corrected chi connectivity index (χ0v) is 8.38. The fourth-order valence-corrected chi connectivity index (χ4v) is 1.66. The van der Waals surface area contributed by atoms with Crippen molar-refractivity contribution in [3.8, 4) is 0 Å². The van der Waals surface area contributed by atoms with E-state index in [0.717, 1.165) is 4.57 Å². The summed E-state index contributed by atoms with van der Waals surface area (Å²) < 4.78 is 13.8. The van der Waals surface area contributed by atoms with Crippen molar-refractivity contribution >= 4 is 0 Å². The summed E-state index contributed by atoms with van der Waals surface area (Å²) in [5.41, 5.74) is -0.856. The molecule has 1 aromatic rings. The Kier molecular flexibility index (Phi) is 2.56. The van der Waals surface area contributed by atoms with E-state index in [4.69, 9.17) is 16.6 Å². The molecule has 0 amide bonds. The highest BCUT2D eigenvalue weighted by Crippen LogP contribution is 2.26. The summed E-state index contributed by atoms with van der Waals surface area (Å²) in [6, 6.07) is -0.143. The average Bonchev–Trinajstić information content (AvgIpc) is 2.65. The first kappa shape index (κ1) is 9.76.